The minimum atomic E-state index is -5.41. The van der Waals surface area contributed by atoms with Crippen molar-refractivity contribution in [3.63, 3.8) is 0 Å². The van der Waals surface area contributed by atoms with Crippen LogP contribution in [0.4, 0.5) is 0 Å². The number of amides is 12. The molecule has 2 aliphatic heterocycles. The maximum absolute atomic E-state index is 15.0. The summed E-state index contributed by atoms with van der Waals surface area (Å²) in [6.07, 6.45) is -0.816. The number of pyridine rings is 1. The molecule has 0 saturated carbocycles. The van der Waals surface area contributed by atoms with E-state index in [1.54, 1.807) is 57.3 Å². The van der Waals surface area contributed by atoms with Crippen LogP contribution in [0.1, 0.15) is 123 Å². The molecule has 18 N–H and O–H groups in total. The van der Waals surface area contributed by atoms with E-state index >= 15 is 4.79 Å². The second-order valence-electron chi connectivity index (χ2n) is 29.6. The molecule has 1 fully saturated rings. The van der Waals surface area contributed by atoms with Crippen molar-refractivity contribution >= 4 is 113 Å². The van der Waals surface area contributed by atoms with E-state index in [0.29, 0.717) is 45.7 Å². The third-order valence-electron chi connectivity index (χ3n) is 19.0. The molecule has 36 heteroatoms. The Morgan fingerprint density at radius 3 is 1.84 bits per heavy atom. The molecule has 1 saturated heterocycles. The number of carbonyl (C=O) groups excluding carboxylic acids is 12. The number of phenols is 2. The van der Waals surface area contributed by atoms with Gasteiger partial charge in [0, 0.05) is 73.0 Å². The zero-order valence-electron chi connectivity index (χ0n) is 63.1. The number of rotatable bonds is 12. The van der Waals surface area contributed by atoms with Gasteiger partial charge in [-0.05, 0) is 130 Å². The zero-order chi connectivity index (χ0) is 81.3. The van der Waals surface area contributed by atoms with Gasteiger partial charge in [-0.2, -0.15) is 23.5 Å². The fraction of sp³-hybridized carbons (Fsp3) is 0.500. The third kappa shape index (κ3) is 24.7. The predicted octanol–water partition coefficient (Wildman–Crippen LogP) is 1.30. The number of H-pyrrole nitrogens is 1. The first-order valence-corrected chi connectivity index (χ1v) is 39.7. The molecule has 7 rings (SSSR count). The second kappa shape index (κ2) is 38.3. The van der Waals surface area contributed by atoms with Crippen molar-refractivity contribution in [3.8, 4) is 11.5 Å². The van der Waals surface area contributed by atoms with E-state index < -0.39 is 168 Å². The van der Waals surface area contributed by atoms with Gasteiger partial charge in [-0.1, -0.05) is 83.1 Å². The molecule has 598 valence electrons. The van der Waals surface area contributed by atoms with Crippen LogP contribution >= 0.6 is 31.3 Å². The minimum Gasteiger partial charge on any atom is -0.508 e. The monoisotopic (exact) mass is 1580 g/mol. The molecule has 0 unspecified atom stereocenters. The van der Waals surface area contributed by atoms with Crippen LogP contribution in [0.25, 0.3) is 11.0 Å². The van der Waals surface area contributed by atoms with E-state index in [1.807, 2.05) is 18.2 Å². The summed E-state index contributed by atoms with van der Waals surface area (Å²) in [5, 5.41) is 58.4. The van der Waals surface area contributed by atoms with Crippen LogP contribution < -0.4 is 58.9 Å². The van der Waals surface area contributed by atoms with Crippen molar-refractivity contribution in [3.05, 3.63) is 125 Å². The van der Waals surface area contributed by atoms with Crippen molar-refractivity contribution in [1.29, 1.82) is 0 Å². The molecule has 0 spiro atoms. The van der Waals surface area contributed by atoms with Gasteiger partial charge < -0.3 is 93.9 Å². The van der Waals surface area contributed by atoms with E-state index in [0.717, 1.165) is 18.1 Å². The minimum absolute atomic E-state index is 0.0149. The highest BCUT2D eigenvalue weighted by Crippen LogP contribution is 2.38. The van der Waals surface area contributed by atoms with Gasteiger partial charge in [0.15, 0.2) is 0 Å². The summed E-state index contributed by atoms with van der Waals surface area (Å²) in [7, 11) is -5.41. The number of carbonyl (C=O) groups is 12. The lowest BCUT2D eigenvalue weighted by atomic mass is 9.85. The van der Waals surface area contributed by atoms with Gasteiger partial charge in [-0.25, -0.2) is 9.55 Å². The standard InChI is InChI=1S/C74H101N14O19PS2/c1-39(2)74(11)71(103)85-58(42(5)107-108(104,105)106)67(99)82-54(60(75)93)38-110-37-46-16-12-15-45(31-46)36-109-30-27-56(92)83-59(72(6,7)8)68(100)81-53(33-44-21-25-49(91)26-22-44)69(101)88-29-14-18-55(88)65(97)84-57(41(4)89)66(98)80-52(34-47-35-77-61-50(47)17-13-28-76-61)63(95)86-73(9,10)70(102)78-40(3)62(94)79-51(64(96)87-74)32-43-19-23-48(90)24-20-43/h12-13,15-17,19-26,28,31,35,39-42,51-55,57-59,89-91H,14,18,27,29-30,32-34,36-38H2,1-11H3,(H2,75,93)(H,76,77)(H,78,102)(H,79,94)(H,80,98)(H,81,100)(H,82,99)(H,83,92)(H,84,97)(H,85,103)(H,86,95)(H,87,96)(H2,104,105,106)/t40-,41+,42+,51-,52-,53-,54-,55-,57-,58-,59+,74-/m0/s1. The summed E-state index contributed by atoms with van der Waals surface area (Å²) >= 11 is 2.60. The number of nitrogens with two attached hydrogens (primary N) is 1. The summed E-state index contributed by atoms with van der Waals surface area (Å²) in [6, 6.07) is 8.35. The molecule has 12 atom stereocenters. The van der Waals surface area contributed by atoms with Gasteiger partial charge in [0.05, 0.1) is 12.2 Å². The smallest absolute Gasteiger partial charge is 0.469 e. The first-order chi connectivity index (χ1) is 51.5. The number of phosphoric ester groups is 1. The van der Waals surface area contributed by atoms with Gasteiger partial charge >= 0.3 is 7.82 Å². The number of thioether (sulfide) groups is 2. The summed E-state index contributed by atoms with van der Waals surface area (Å²) in [6.45, 7) is 15.6. The Labute approximate surface area is 645 Å². The molecule has 33 nitrogen and oxygen atoms in total. The van der Waals surface area contributed by atoms with Crippen molar-refractivity contribution in [1.82, 2.24) is 68.0 Å². The number of aromatic nitrogens is 2. The first-order valence-electron chi connectivity index (χ1n) is 35.8. The van der Waals surface area contributed by atoms with Crippen molar-refractivity contribution in [2.24, 2.45) is 17.1 Å². The van der Waals surface area contributed by atoms with Crippen LogP contribution in [0.3, 0.4) is 0 Å². The van der Waals surface area contributed by atoms with Crippen LogP contribution in [0.5, 0.6) is 11.5 Å². The van der Waals surface area contributed by atoms with Gasteiger partial charge in [0.25, 0.3) is 0 Å². The second-order valence-corrected chi connectivity index (χ2v) is 33.0. The predicted molar refractivity (Wildman–Crippen MR) is 409 cm³/mol. The van der Waals surface area contributed by atoms with Gasteiger partial charge in [0.2, 0.25) is 70.9 Å². The normalized spacial score (nSPS) is 25.2. The highest BCUT2D eigenvalue weighted by Gasteiger charge is 2.46. The number of phosphoric acid groups is 1. The van der Waals surface area contributed by atoms with E-state index in [2.05, 4.69) is 63.1 Å². The number of aliphatic hydroxyl groups excluding tert-OH is 1. The number of fused-ring (bicyclic) bond motifs is 4. The van der Waals surface area contributed by atoms with Crippen LogP contribution in [-0.2, 0) is 97.4 Å². The lowest BCUT2D eigenvalue weighted by Gasteiger charge is -2.37. The van der Waals surface area contributed by atoms with Crippen LogP contribution in [0, 0.1) is 11.3 Å². The van der Waals surface area contributed by atoms with Crippen LogP contribution in [-0.4, -0.2) is 207 Å². The van der Waals surface area contributed by atoms with Crippen LogP contribution in [0.2, 0.25) is 0 Å². The zero-order valence-corrected chi connectivity index (χ0v) is 65.7. The maximum atomic E-state index is 15.0. The number of hydrogen-bond acceptors (Lipinski definition) is 20. The average Bonchev–Trinajstić information content (AvgIpc) is 1.70. The highest BCUT2D eigenvalue weighted by atomic mass is 32.2. The maximum Gasteiger partial charge on any atom is 0.469 e. The molecule has 2 bridgehead atoms. The Bertz CT molecular complexity index is 4210. The molecule has 110 heavy (non-hydrogen) atoms. The Balaban J connectivity index is 1.22. The number of nitrogens with zero attached hydrogens (tertiary/aromatic N) is 2. The van der Waals surface area contributed by atoms with Crippen molar-refractivity contribution in [2.75, 3.05) is 18.1 Å². The summed E-state index contributed by atoms with van der Waals surface area (Å²) in [5.41, 5.74) is 4.27. The molecular weight excluding hydrogens is 1480 g/mol. The SMILES string of the molecule is CC(C)[C@]1(C)NC(=O)[C@H](Cc2ccc(O)cc2)NC(=O)[C@H](C)NC(=O)C(C)(C)NC(=O)[C@H](Cc2c[nH]c3ncccc23)NC(=O)[C@H]([C@@H](C)O)NC(=O)[C@@H]2CCCN2C(=O)[C@H](Cc2ccc(O)cc2)NC(=O)[C@H](C(C)(C)C)NC(=O)CCSCc2cccc(c2)CSC[C@@H](C(N)=O)NC(=O)[C@H]([C@@H](C)OP(=O)(O)O)NC1=O. The van der Waals surface area contributed by atoms with Gasteiger partial charge in [-0.3, -0.25) is 62.1 Å². The summed E-state index contributed by atoms with van der Waals surface area (Å²) < 4.78 is 17.2. The number of aromatic amines is 1. The summed E-state index contributed by atoms with van der Waals surface area (Å²) in [4.78, 5) is 202. The first kappa shape index (κ1) is 87.6. The Morgan fingerprint density at radius 2 is 1.25 bits per heavy atom. The van der Waals surface area contributed by atoms with E-state index in [4.69, 9.17) is 10.3 Å². The van der Waals surface area contributed by atoms with Crippen LogP contribution in [0.15, 0.2) is 97.3 Å². The fourth-order valence-electron chi connectivity index (χ4n) is 12.2. The molecule has 12 amide bonds. The largest absolute Gasteiger partial charge is 0.508 e. The molecule has 0 radical (unpaired) electrons. The highest BCUT2D eigenvalue weighted by molar-refractivity contribution is 7.98. The fourth-order valence-corrected chi connectivity index (χ4v) is 14.7. The molecule has 4 heterocycles. The van der Waals surface area contributed by atoms with E-state index in [1.165, 1.54) is 119 Å². The average molecular weight is 1590 g/mol. The third-order valence-corrected chi connectivity index (χ3v) is 21.7. The van der Waals surface area contributed by atoms with Crippen molar-refractivity contribution in [2.45, 2.75) is 204 Å². The number of primary amides is 1. The van der Waals surface area contributed by atoms with E-state index in [-0.39, 0.29) is 61.7 Å². The Morgan fingerprint density at radius 1 is 0.673 bits per heavy atom. The van der Waals surface area contributed by atoms with Gasteiger partial charge in [-0.15, -0.1) is 0 Å². The lowest BCUT2D eigenvalue weighted by molar-refractivity contribution is -0.143. The van der Waals surface area contributed by atoms with Crippen molar-refractivity contribution < 1.29 is 91.7 Å². The Hall–Kier alpha value is -9.64. The number of hydrogen-bond donors (Lipinski definition) is 17. The number of aromatic hydroxyl groups is 2. The molecule has 2 aromatic heterocycles. The summed E-state index contributed by atoms with van der Waals surface area (Å²) in [5.74, 6) is -11.3. The number of phenolic OH excluding ortho intramolecular Hbond substituents is 2. The Kier molecular flexibility index (Phi) is 30.5. The molecule has 5 aromatic rings. The molecule has 3 aromatic carbocycles. The number of aliphatic hydroxyl groups is 1. The van der Waals surface area contributed by atoms with Gasteiger partial charge in [0.1, 0.15) is 82.6 Å². The molecule has 0 aliphatic carbocycles. The number of nitrogens with one attached hydrogen (secondary N) is 11. The quantitative estimate of drug-likeness (QED) is 0.0783. The number of benzene rings is 3. The van der Waals surface area contributed by atoms with E-state index in [9.17, 15) is 82.4 Å². The topological polar surface area (TPSA) is 511 Å². The molecule has 2 aliphatic rings. The lowest BCUT2D eigenvalue weighted by Crippen LogP contribution is -2.67. The molecular formula is C74H101N14O19PS2.